The first-order chi connectivity index (χ1) is 16.7. The first-order valence-electron chi connectivity index (χ1n) is 11.0. The summed E-state index contributed by atoms with van der Waals surface area (Å²) >= 11 is 6.20. The van der Waals surface area contributed by atoms with Gasteiger partial charge in [-0.1, -0.05) is 19.0 Å². The fourth-order valence-electron chi connectivity index (χ4n) is 4.93. The van der Waals surface area contributed by atoms with Crippen molar-refractivity contribution in [3.05, 3.63) is 76.1 Å². The van der Waals surface area contributed by atoms with Crippen molar-refractivity contribution in [1.82, 2.24) is 9.47 Å². The molecule has 2 aromatic carbocycles. The van der Waals surface area contributed by atoms with Crippen molar-refractivity contribution < 1.29 is 32.5 Å². The van der Waals surface area contributed by atoms with Crippen molar-refractivity contribution in [2.75, 3.05) is 20.2 Å². The van der Waals surface area contributed by atoms with E-state index in [1.165, 1.54) is 6.07 Å². The molecule has 6 nitrogen and oxygen atoms in total. The summed E-state index contributed by atoms with van der Waals surface area (Å²) in [5.74, 6) is -0.184. The van der Waals surface area contributed by atoms with Gasteiger partial charge in [0.2, 0.25) is 0 Å². The van der Waals surface area contributed by atoms with Gasteiger partial charge in [-0.15, -0.1) is 0 Å². The van der Waals surface area contributed by atoms with E-state index in [2.05, 4.69) is 0 Å². The summed E-state index contributed by atoms with van der Waals surface area (Å²) in [5, 5.41) is 10.4. The van der Waals surface area contributed by atoms with Crippen LogP contribution < -0.4 is 9.47 Å². The Labute approximate surface area is 211 Å². The van der Waals surface area contributed by atoms with Crippen LogP contribution >= 0.6 is 11.6 Å². The molecular formula is C26H26ClF3N2O4. The van der Waals surface area contributed by atoms with Gasteiger partial charge in [0, 0.05) is 48.3 Å². The minimum absolute atomic E-state index is 0. The maximum Gasteiger partial charge on any atom is 0.419 e. The summed E-state index contributed by atoms with van der Waals surface area (Å²) in [6, 6.07) is 12.3. The predicted octanol–water partition coefficient (Wildman–Crippen LogP) is 5.81. The number of fused-ring (bicyclic) bond motifs is 4. The van der Waals surface area contributed by atoms with Gasteiger partial charge in [0.25, 0.3) is 5.91 Å². The van der Waals surface area contributed by atoms with Gasteiger partial charge in [-0.05, 0) is 42.5 Å². The zero-order valence-corrected chi connectivity index (χ0v) is 19.5. The number of aliphatic hydroxyl groups excluding tert-OH is 1. The zero-order valence-electron chi connectivity index (χ0n) is 18.7. The van der Waals surface area contributed by atoms with Gasteiger partial charge in [0.05, 0.1) is 30.7 Å². The number of hydrogen-bond acceptors (Lipinski definition) is 4. The summed E-state index contributed by atoms with van der Waals surface area (Å²) in [7, 11) is 1.14. The molecule has 2 aliphatic rings. The first kappa shape index (κ1) is 25.9. The Morgan fingerprint density at radius 2 is 1.86 bits per heavy atom. The summed E-state index contributed by atoms with van der Waals surface area (Å²) in [5.41, 5.74) is 0.821. The summed E-state index contributed by atoms with van der Waals surface area (Å²) < 4.78 is 52.9. The van der Waals surface area contributed by atoms with E-state index >= 15 is 0 Å². The van der Waals surface area contributed by atoms with E-state index in [4.69, 9.17) is 21.1 Å². The Morgan fingerprint density at radius 1 is 1.14 bits per heavy atom. The minimum atomic E-state index is -4.58. The predicted molar refractivity (Wildman–Crippen MR) is 129 cm³/mol. The van der Waals surface area contributed by atoms with Gasteiger partial charge in [0.15, 0.2) is 5.60 Å². The Bertz CT molecular complexity index is 1300. The largest absolute Gasteiger partial charge is 0.496 e. The third-order valence-corrected chi connectivity index (χ3v) is 6.91. The second-order valence-electron chi connectivity index (χ2n) is 8.62. The number of carbonyl (C=O) groups excluding carboxylic acids is 1. The summed E-state index contributed by atoms with van der Waals surface area (Å²) in [6.45, 7) is 0.508. The first-order valence-corrected chi connectivity index (χ1v) is 11.4. The van der Waals surface area contributed by atoms with Crippen LogP contribution in [0.25, 0.3) is 5.69 Å². The topological polar surface area (TPSA) is 63.9 Å². The quantitative estimate of drug-likeness (QED) is 0.471. The molecule has 10 heteroatoms. The van der Waals surface area contributed by atoms with Gasteiger partial charge < -0.3 is 24.0 Å². The molecule has 1 amide bonds. The maximum atomic E-state index is 13.2. The molecule has 0 saturated carbocycles. The molecule has 3 heterocycles. The molecule has 5 rings (SSSR count). The minimum Gasteiger partial charge on any atom is -0.496 e. The average Bonchev–Trinajstić information content (AvgIpc) is 3.28. The number of nitrogens with zero attached hydrogens (tertiary/aromatic N) is 2. The van der Waals surface area contributed by atoms with Crippen molar-refractivity contribution in [2.45, 2.75) is 38.7 Å². The summed E-state index contributed by atoms with van der Waals surface area (Å²) in [4.78, 5) is 14.7. The molecule has 2 aliphatic heterocycles. The molecule has 1 saturated heterocycles. The van der Waals surface area contributed by atoms with E-state index in [9.17, 15) is 23.1 Å². The molecule has 0 bridgehead atoms. The molecule has 0 atom stereocenters. The number of hydrogen-bond donors (Lipinski definition) is 1. The highest BCUT2D eigenvalue weighted by Gasteiger charge is 2.45. The molecule has 1 spiro atoms. The highest BCUT2D eigenvalue weighted by Crippen LogP contribution is 2.47. The van der Waals surface area contributed by atoms with Crippen LogP contribution in [0.15, 0.2) is 48.5 Å². The number of halogens is 4. The van der Waals surface area contributed by atoms with Crippen molar-refractivity contribution in [2.24, 2.45) is 0 Å². The molecule has 0 radical (unpaired) electrons. The highest BCUT2D eigenvalue weighted by molar-refractivity contribution is 6.30. The fourth-order valence-corrected chi connectivity index (χ4v) is 5.09. The van der Waals surface area contributed by atoms with Gasteiger partial charge in [-0.2, -0.15) is 13.2 Å². The Balaban J connectivity index is 0.00000304. The van der Waals surface area contributed by atoms with Crippen LogP contribution in [0.3, 0.4) is 0 Å². The van der Waals surface area contributed by atoms with Crippen LogP contribution in [0.1, 0.15) is 47.6 Å². The molecule has 192 valence electrons. The van der Waals surface area contributed by atoms with Crippen molar-refractivity contribution in [3.8, 4) is 17.2 Å². The number of likely N-dealkylation sites (tertiary alicyclic amines) is 1. The Hall–Kier alpha value is -3.17. The number of amides is 1. The molecule has 0 unspecified atom stereocenters. The van der Waals surface area contributed by atoms with Crippen molar-refractivity contribution in [1.29, 1.82) is 0 Å². The molecule has 36 heavy (non-hydrogen) atoms. The van der Waals surface area contributed by atoms with Gasteiger partial charge in [-0.25, -0.2) is 0 Å². The molecule has 3 aromatic rings. The number of ether oxygens (including phenoxy) is 2. The van der Waals surface area contributed by atoms with Crippen molar-refractivity contribution >= 4 is 17.5 Å². The van der Waals surface area contributed by atoms with Gasteiger partial charge in [0.1, 0.15) is 11.5 Å². The molecule has 1 N–H and O–H groups in total. The van der Waals surface area contributed by atoms with Crippen molar-refractivity contribution in [3.63, 3.8) is 0 Å². The second kappa shape index (κ2) is 9.37. The lowest BCUT2D eigenvalue weighted by atomic mass is 9.86. The monoisotopic (exact) mass is 522 g/mol. The molecule has 0 aliphatic carbocycles. The Morgan fingerprint density at radius 3 is 2.50 bits per heavy atom. The fraction of sp³-hybridized carbons (Fsp3) is 0.346. The number of rotatable bonds is 3. The van der Waals surface area contributed by atoms with Crippen LogP contribution in [0.5, 0.6) is 11.5 Å². The lowest BCUT2D eigenvalue weighted by Crippen LogP contribution is -2.50. The normalized spacial score (nSPS) is 16.0. The number of alkyl halides is 3. The molecular weight excluding hydrogens is 497 g/mol. The number of carbonyl (C=O) groups is 1. The number of aliphatic hydroxyl groups is 1. The van der Waals surface area contributed by atoms with Crippen LogP contribution in [0, 0.1) is 0 Å². The lowest BCUT2D eigenvalue weighted by molar-refractivity contribution is -0.138. The molecule has 1 aromatic heterocycles. The van der Waals surface area contributed by atoms with E-state index in [-0.39, 0.29) is 25.5 Å². The number of aromatic nitrogens is 1. The van der Waals surface area contributed by atoms with Gasteiger partial charge in [-0.3, -0.25) is 4.79 Å². The van der Waals surface area contributed by atoms with Crippen LogP contribution in [0.4, 0.5) is 13.2 Å². The van der Waals surface area contributed by atoms with Crippen LogP contribution in [-0.2, 0) is 18.4 Å². The highest BCUT2D eigenvalue weighted by atomic mass is 35.5. The Kier molecular flexibility index (Phi) is 6.74. The number of benzene rings is 2. The van der Waals surface area contributed by atoms with Crippen LogP contribution in [-0.4, -0.2) is 40.7 Å². The van der Waals surface area contributed by atoms with E-state index in [1.54, 1.807) is 17.0 Å². The van der Waals surface area contributed by atoms with Gasteiger partial charge >= 0.3 is 6.18 Å². The third kappa shape index (κ3) is 4.20. The maximum absolute atomic E-state index is 13.2. The SMILES string of the molecule is C.COc1cc(C(=O)N2CCC3(CC2)Oc2cc(Cl)ccc2-n2c(CO)ccc23)ccc1C(F)(F)F. The lowest BCUT2D eigenvalue weighted by Gasteiger charge is -2.45. The third-order valence-electron chi connectivity index (χ3n) is 6.67. The standard InChI is InChI=1S/C25H22ClF3N2O4.CH4/c1-34-20-12-15(2-5-18(20)25(27,28)29)23(33)30-10-8-24(9-11-30)22-7-4-17(14-32)31(22)19-6-3-16(26)13-21(19)35-24;/h2-7,12-13,32H,8-11,14H2,1H3;1H4. The number of piperidine rings is 1. The molecule has 1 fully saturated rings. The number of methoxy groups -OCH3 is 1. The second-order valence-corrected chi connectivity index (χ2v) is 9.05. The smallest absolute Gasteiger partial charge is 0.419 e. The zero-order chi connectivity index (χ0) is 25.0. The van der Waals surface area contributed by atoms with E-state index in [1.807, 2.05) is 22.8 Å². The van der Waals surface area contributed by atoms with E-state index in [0.29, 0.717) is 42.4 Å². The van der Waals surface area contributed by atoms with E-state index in [0.717, 1.165) is 30.6 Å². The van der Waals surface area contributed by atoms with E-state index < -0.39 is 23.1 Å². The van der Waals surface area contributed by atoms with Crippen LogP contribution in [0.2, 0.25) is 5.02 Å². The average molecular weight is 523 g/mol. The summed E-state index contributed by atoms with van der Waals surface area (Å²) in [6.07, 6.45) is -3.67.